The maximum Gasteiger partial charge on any atom is 0.144 e. The molecule has 3 aromatic heterocycles. The van der Waals surface area contributed by atoms with Gasteiger partial charge in [0.15, 0.2) is 0 Å². The van der Waals surface area contributed by atoms with E-state index in [-0.39, 0.29) is 0 Å². The molecule has 0 aliphatic carbocycles. The third kappa shape index (κ3) is 1.78. The van der Waals surface area contributed by atoms with E-state index in [1.807, 2.05) is 18.2 Å². The first kappa shape index (κ1) is 11.2. The quantitative estimate of drug-likeness (QED) is 0.528. The summed E-state index contributed by atoms with van der Waals surface area (Å²) < 4.78 is 0. The summed E-state index contributed by atoms with van der Waals surface area (Å²) >= 11 is 5.96. The van der Waals surface area contributed by atoms with E-state index >= 15 is 0 Å². The molecule has 6 nitrogen and oxygen atoms in total. The molecule has 4 rings (SSSR count). The van der Waals surface area contributed by atoms with Crippen LogP contribution in [0.4, 0.5) is 11.5 Å². The van der Waals surface area contributed by atoms with E-state index in [4.69, 9.17) is 11.6 Å². The van der Waals surface area contributed by atoms with Crippen molar-refractivity contribution in [1.82, 2.24) is 25.1 Å². The Morgan fingerprint density at radius 2 is 2.10 bits per heavy atom. The second kappa shape index (κ2) is 4.21. The van der Waals surface area contributed by atoms with Crippen LogP contribution >= 0.6 is 11.6 Å². The van der Waals surface area contributed by atoms with Crippen molar-refractivity contribution in [3.8, 4) is 0 Å². The van der Waals surface area contributed by atoms with Gasteiger partial charge in [-0.15, -0.1) is 0 Å². The van der Waals surface area contributed by atoms with Gasteiger partial charge in [-0.25, -0.2) is 9.97 Å². The maximum absolute atomic E-state index is 5.96. The van der Waals surface area contributed by atoms with Gasteiger partial charge in [-0.05, 0) is 24.3 Å². The average Bonchev–Trinajstić information content (AvgIpc) is 3.04. The highest BCUT2D eigenvalue weighted by molar-refractivity contribution is 6.30. The molecule has 0 aliphatic heterocycles. The van der Waals surface area contributed by atoms with E-state index in [2.05, 4.69) is 30.5 Å². The molecule has 0 unspecified atom stereocenters. The highest BCUT2D eigenvalue weighted by Crippen LogP contribution is 2.26. The number of hydrogen-bond acceptors (Lipinski definition) is 4. The summed E-state index contributed by atoms with van der Waals surface area (Å²) in [5, 5.41) is 12.6. The first-order valence-electron chi connectivity index (χ1n) is 5.99. The molecule has 0 bridgehead atoms. The number of H-pyrrole nitrogens is 2. The van der Waals surface area contributed by atoms with Gasteiger partial charge >= 0.3 is 0 Å². The Morgan fingerprint density at radius 1 is 1.15 bits per heavy atom. The van der Waals surface area contributed by atoms with Crippen molar-refractivity contribution in [3.63, 3.8) is 0 Å². The number of aromatic nitrogens is 5. The van der Waals surface area contributed by atoms with E-state index in [9.17, 15) is 0 Å². The summed E-state index contributed by atoms with van der Waals surface area (Å²) in [6.07, 6.45) is 3.27. The number of benzene rings is 1. The molecule has 1 aromatic carbocycles. The van der Waals surface area contributed by atoms with Gasteiger partial charge in [0, 0.05) is 11.1 Å². The second-order valence-electron chi connectivity index (χ2n) is 4.40. The second-order valence-corrected chi connectivity index (χ2v) is 4.81. The third-order valence-corrected chi connectivity index (χ3v) is 3.30. The molecule has 3 N–H and O–H groups in total. The fourth-order valence-corrected chi connectivity index (χ4v) is 2.36. The Kier molecular flexibility index (Phi) is 2.37. The molecular formula is C13H9ClN6. The van der Waals surface area contributed by atoms with Crippen LogP contribution in [-0.2, 0) is 0 Å². The largest absolute Gasteiger partial charge is 0.340 e. The Bertz CT molecular complexity index is 909. The van der Waals surface area contributed by atoms with Crippen LogP contribution in [0.1, 0.15) is 0 Å². The molecule has 20 heavy (non-hydrogen) atoms. The van der Waals surface area contributed by atoms with E-state index in [0.29, 0.717) is 16.6 Å². The zero-order chi connectivity index (χ0) is 13.5. The molecule has 3 heterocycles. The predicted molar refractivity (Wildman–Crippen MR) is 78.3 cm³/mol. The summed E-state index contributed by atoms with van der Waals surface area (Å²) in [4.78, 5) is 11.4. The highest BCUT2D eigenvalue weighted by Gasteiger charge is 2.07. The van der Waals surface area contributed by atoms with Crippen molar-refractivity contribution in [3.05, 3.63) is 41.9 Å². The lowest BCUT2D eigenvalue weighted by Crippen LogP contribution is -1.94. The van der Waals surface area contributed by atoms with Gasteiger partial charge in [-0.1, -0.05) is 11.6 Å². The van der Waals surface area contributed by atoms with Crippen molar-refractivity contribution in [2.45, 2.75) is 0 Å². The topological polar surface area (TPSA) is 82.3 Å². The zero-order valence-corrected chi connectivity index (χ0v) is 10.9. The summed E-state index contributed by atoms with van der Waals surface area (Å²) in [5.74, 6) is 0.709. The number of nitrogens with one attached hydrogen (secondary N) is 3. The lowest BCUT2D eigenvalue weighted by Gasteiger charge is -2.06. The van der Waals surface area contributed by atoms with Crippen molar-refractivity contribution >= 4 is 45.0 Å². The van der Waals surface area contributed by atoms with Crippen LogP contribution in [-0.4, -0.2) is 25.1 Å². The molecular weight excluding hydrogens is 276 g/mol. The smallest absolute Gasteiger partial charge is 0.144 e. The summed E-state index contributed by atoms with van der Waals surface area (Å²) in [5.41, 5.74) is 2.63. The Balaban J connectivity index is 1.79. The highest BCUT2D eigenvalue weighted by atomic mass is 35.5. The molecule has 0 saturated heterocycles. The Morgan fingerprint density at radius 3 is 3.05 bits per heavy atom. The van der Waals surface area contributed by atoms with Gasteiger partial charge in [0.1, 0.15) is 22.9 Å². The first-order valence-corrected chi connectivity index (χ1v) is 6.37. The average molecular weight is 285 g/mol. The van der Waals surface area contributed by atoms with Gasteiger partial charge in [0.05, 0.1) is 17.1 Å². The number of anilines is 2. The number of aromatic amines is 2. The van der Waals surface area contributed by atoms with Crippen molar-refractivity contribution in [1.29, 1.82) is 0 Å². The monoisotopic (exact) mass is 284 g/mol. The molecule has 0 saturated carbocycles. The standard InChI is InChI=1S/C13H9ClN6/c14-11-4-9-12(15-6-16-13(9)19-11)18-8-1-2-10-7(3-8)5-17-20-10/h1-6H,(H,17,20)(H2,15,16,18,19). The van der Waals surface area contributed by atoms with Crippen LogP contribution in [0.3, 0.4) is 0 Å². The summed E-state index contributed by atoms with van der Waals surface area (Å²) in [6, 6.07) is 7.73. The van der Waals surface area contributed by atoms with Crippen LogP contribution in [0, 0.1) is 0 Å². The number of hydrogen-bond donors (Lipinski definition) is 3. The number of fused-ring (bicyclic) bond motifs is 2. The number of nitrogens with zero attached hydrogens (tertiary/aromatic N) is 3. The Labute approximate surface area is 118 Å². The fraction of sp³-hybridized carbons (Fsp3) is 0. The van der Waals surface area contributed by atoms with Crippen LogP contribution in [0.2, 0.25) is 5.15 Å². The number of halogens is 1. The third-order valence-electron chi connectivity index (χ3n) is 3.10. The normalized spacial score (nSPS) is 11.2. The van der Waals surface area contributed by atoms with Crippen molar-refractivity contribution in [2.75, 3.05) is 5.32 Å². The van der Waals surface area contributed by atoms with Crippen LogP contribution in [0.15, 0.2) is 36.8 Å². The Hall–Kier alpha value is -2.60. The molecule has 0 aliphatic rings. The predicted octanol–water partition coefficient (Wildman–Crippen LogP) is 3.23. The van der Waals surface area contributed by atoms with Crippen LogP contribution < -0.4 is 5.32 Å². The molecule has 7 heteroatoms. The van der Waals surface area contributed by atoms with Gasteiger partial charge in [0.25, 0.3) is 0 Å². The van der Waals surface area contributed by atoms with Gasteiger partial charge in [-0.2, -0.15) is 5.10 Å². The summed E-state index contributed by atoms with van der Waals surface area (Å²) in [6.45, 7) is 0. The molecule has 0 fully saturated rings. The molecule has 0 spiro atoms. The number of rotatable bonds is 2. The molecule has 98 valence electrons. The van der Waals surface area contributed by atoms with Crippen LogP contribution in [0.5, 0.6) is 0 Å². The van der Waals surface area contributed by atoms with Gasteiger partial charge in [0.2, 0.25) is 0 Å². The molecule has 0 radical (unpaired) electrons. The minimum Gasteiger partial charge on any atom is -0.340 e. The van der Waals surface area contributed by atoms with Crippen molar-refractivity contribution in [2.24, 2.45) is 0 Å². The molecule has 0 amide bonds. The van der Waals surface area contributed by atoms with Gasteiger partial charge < -0.3 is 10.3 Å². The van der Waals surface area contributed by atoms with Gasteiger partial charge in [-0.3, -0.25) is 5.10 Å². The van der Waals surface area contributed by atoms with E-state index in [1.165, 1.54) is 6.33 Å². The molecule has 0 atom stereocenters. The SMILES string of the molecule is Clc1cc2c(Nc3ccc4[nH]ncc4c3)ncnc2[nH]1. The fourth-order valence-electron chi connectivity index (χ4n) is 2.16. The van der Waals surface area contributed by atoms with E-state index < -0.39 is 0 Å². The minimum atomic E-state index is 0.536. The van der Waals surface area contributed by atoms with E-state index in [0.717, 1.165) is 22.0 Å². The van der Waals surface area contributed by atoms with Crippen LogP contribution in [0.25, 0.3) is 21.9 Å². The maximum atomic E-state index is 5.96. The minimum absolute atomic E-state index is 0.536. The lowest BCUT2D eigenvalue weighted by molar-refractivity contribution is 1.12. The zero-order valence-electron chi connectivity index (χ0n) is 10.2. The first-order chi connectivity index (χ1) is 9.79. The lowest BCUT2D eigenvalue weighted by atomic mass is 10.2. The summed E-state index contributed by atoms with van der Waals surface area (Å²) in [7, 11) is 0. The molecule has 4 aromatic rings. The van der Waals surface area contributed by atoms with Crippen molar-refractivity contribution < 1.29 is 0 Å². The van der Waals surface area contributed by atoms with E-state index in [1.54, 1.807) is 12.3 Å².